The second-order valence-electron chi connectivity index (χ2n) is 4.10. The van der Waals surface area contributed by atoms with Gasteiger partial charge in [-0.2, -0.15) is 0 Å². The van der Waals surface area contributed by atoms with Crippen molar-refractivity contribution in [3.63, 3.8) is 0 Å². The summed E-state index contributed by atoms with van der Waals surface area (Å²) in [5.41, 5.74) is 0. The molecule has 0 atom stereocenters. The Bertz CT molecular complexity index is 184. The first-order chi connectivity index (χ1) is 7.27. The van der Waals surface area contributed by atoms with Crippen molar-refractivity contribution in [1.29, 1.82) is 0 Å². The molecule has 0 amide bonds. The molecule has 0 unspecified atom stereocenters. The fourth-order valence-corrected chi connectivity index (χ4v) is 2.21. The minimum absolute atomic E-state index is 0.437. The van der Waals surface area contributed by atoms with Gasteiger partial charge in [-0.1, -0.05) is 6.92 Å². The summed E-state index contributed by atoms with van der Waals surface area (Å²) in [6.07, 6.45) is 3.63. The molecular formula is C12H23NO2. The number of carbonyl (C=O) groups is 1. The van der Waals surface area contributed by atoms with Gasteiger partial charge in [0, 0.05) is 32.0 Å². The van der Waals surface area contributed by atoms with E-state index in [9.17, 15) is 4.79 Å². The SMILES string of the molecule is CCOCCN(CC)C1CCC(=O)CC1. The minimum Gasteiger partial charge on any atom is -0.380 e. The average molecular weight is 213 g/mol. The van der Waals surface area contributed by atoms with Gasteiger partial charge in [0.15, 0.2) is 0 Å². The van der Waals surface area contributed by atoms with Gasteiger partial charge in [-0.15, -0.1) is 0 Å². The Kier molecular flexibility index (Phi) is 5.88. The molecule has 0 heterocycles. The lowest BCUT2D eigenvalue weighted by Crippen LogP contribution is -2.40. The molecule has 1 aliphatic carbocycles. The third kappa shape index (κ3) is 4.31. The van der Waals surface area contributed by atoms with Crippen LogP contribution in [0.15, 0.2) is 0 Å². The zero-order valence-corrected chi connectivity index (χ0v) is 10.00. The number of ketones is 1. The molecule has 0 aromatic heterocycles. The number of likely N-dealkylation sites (N-methyl/N-ethyl adjacent to an activating group) is 1. The molecule has 88 valence electrons. The Labute approximate surface area is 92.8 Å². The van der Waals surface area contributed by atoms with Crippen LogP contribution in [0.3, 0.4) is 0 Å². The second-order valence-corrected chi connectivity index (χ2v) is 4.10. The molecule has 0 N–H and O–H groups in total. The molecule has 3 heteroatoms. The maximum absolute atomic E-state index is 11.1. The first kappa shape index (κ1) is 12.7. The summed E-state index contributed by atoms with van der Waals surface area (Å²) in [5.74, 6) is 0.437. The molecule has 1 fully saturated rings. The summed E-state index contributed by atoms with van der Waals surface area (Å²) in [5, 5.41) is 0. The van der Waals surface area contributed by atoms with Gasteiger partial charge < -0.3 is 4.74 Å². The first-order valence-corrected chi connectivity index (χ1v) is 6.11. The van der Waals surface area contributed by atoms with Gasteiger partial charge in [0.1, 0.15) is 5.78 Å². The van der Waals surface area contributed by atoms with Gasteiger partial charge in [0.25, 0.3) is 0 Å². The van der Waals surface area contributed by atoms with E-state index in [4.69, 9.17) is 4.74 Å². The van der Waals surface area contributed by atoms with Crippen LogP contribution in [0.25, 0.3) is 0 Å². The molecule has 15 heavy (non-hydrogen) atoms. The highest BCUT2D eigenvalue weighted by Gasteiger charge is 2.22. The van der Waals surface area contributed by atoms with Crippen LogP contribution in [-0.4, -0.2) is 43.0 Å². The maximum Gasteiger partial charge on any atom is 0.133 e. The normalized spacial score (nSPS) is 18.7. The number of Topliss-reactive ketones (excluding diaryl/α,β-unsaturated/α-hetero) is 1. The van der Waals surface area contributed by atoms with Gasteiger partial charge in [0.05, 0.1) is 6.61 Å². The van der Waals surface area contributed by atoms with Gasteiger partial charge in [-0.3, -0.25) is 9.69 Å². The summed E-state index contributed by atoms with van der Waals surface area (Å²) < 4.78 is 5.37. The maximum atomic E-state index is 11.1. The summed E-state index contributed by atoms with van der Waals surface area (Å²) in [7, 11) is 0. The van der Waals surface area contributed by atoms with Crippen LogP contribution in [-0.2, 0) is 9.53 Å². The number of carbonyl (C=O) groups excluding carboxylic acids is 1. The summed E-state index contributed by atoms with van der Waals surface area (Å²) in [4.78, 5) is 13.6. The molecule has 3 nitrogen and oxygen atoms in total. The number of nitrogens with zero attached hydrogens (tertiary/aromatic N) is 1. The smallest absolute Gasteiger partial charge is 0.133 e. The second kappa shape index (κ2) is 6.96. The van der Waals surface area contributed by atoms with Crippen molar-refractivity contribution < 1.29 is 9.53 Å². The first-order valence-electron chi connectivity index (χ1n) is 6.11. The van der Waals surface area contributed by atoms with Gasteiger partial charge in [-0.05, 0) is 26.3 Å². The highest BCUT2D eigenvalue weighted by molar-refractivity contribution is 5.79. The standard InChI is InChI=1S/C12H23NO2/c1-3-13(9-10-15-4-2)11-5-7-12(14)8-6-11/h11H,3-10H2,1-2H3. The summed E-state index contributed by atoms with van der Waals surface area (Å²) in [6, 6.07) is 0.605. The van der Waals surface area contributed by atoms with E-state index in [-0.39, 0.29) is 0 Å². The number of hydrogen-bond donors (Lipinski definition) is 0. The quantitative estimate of drug-likeness (QED) is 0.631. The third-order valence-corrected chi connectivity index (χ3v) is 3.16. The molecule has 0 aromatic carbocycles. The predicted molar refractivity (Wildman–Crippen MR) is 61.0 cm³/mol. The van der Waals surface area contributed by atoms with Crippen molar-refractivity contribution in [2.45, 2.75) is 45.6 Å². The molecule has 1 saturated carbocycles. The number of ether oxygens (including phenoxy) is 1. The van der Waals surface area contributed by atoms with Crippen LogP contribution in [0, 0.1) is 0 Å². The van der Waals surface area contributed by atoms with Crippen molar-refractivity contribution in [3.05, 3.63) is 0 Å². The van der Waals surface area contributed by atoms with Crippen LogP contribution in [0.2, 0.25) is 0 Å². The van der Waals surface area contributed by atoms with Gasteiger partial charge in [0.2, 0.25) is 0 Å². The highest BCUT2D eigenvalue weighted by atomic mass is 16.5. The Balaban J connectivity index is 2.27. The van der Waals surface area contributed by atoms with E-state index in [0.717, 1.165) is 52.0 Å². The van der Waals surface area contributed by atoms with Crippen LogP contribution < -0.4 is 0 Å². The lowest BCUT2D eigenvalue weighted by molar-refractivity contribution is -0.121. The lowest BCUT2D eigenvalue weighted by Gasteiger charge is -2.32. The fourth-order valence-electron chi connectivity index (χ4n) is 2.21. The van der Waals surface area contributed by atoms with Crippen LogP contribution in [0.5, 0.6) is 0 Å². The van der Waals surface area contributed by atoms with Crippen molar-refractivity contribution in [2.24, 2.45) is 0 Å². The van der Waals surface area contributed by atoms with Crippen molar-refractivity contribution >= 4 is 5.78 Å². The molecule has 0 radical (unpaired) electrons. The zero-order chi connectivity index (χ0) is 11.1. The van der Waals surface area contributed by atoms with Crippen molar-refractivity contribution in [3.8, 4) is 0 Å². The number of hydrogen-bond acceptors (Lipinski definition) is 3. The Morgan fingerprint density at radius 2 is 2.00 bits per heavy atom. The van der Waals surface area contributed by atoms with E-state index in [1.807, 2.05) is 6.92 Å². The monoisotopic (exact) mass is 213 g/mol. The minimum atomic E-state index is 0.437. The number of rotatable bonds is 6. The Morgan fingerprint density at radius 3 is 2.53 bits per heavy atom. The van der Waals surface area contributed by atoms with Gasteiger partial charge >= 0.3 is 0 Å². The largest absolute Gasteiger partial charge is 0.380 e. The summed E-state index contributed by atoms with van der Waals surface area (Å²) >= 11 is 0. The van der Waals surface area contributed by atoms with Crippen molar-refractivity contribution in [1.82, 2.24) is 4.90 Å². The van der Waals surface area contributed by atoms with E-state index in [2.05, 4.69) is 11.8 Å². The Hall–Kier alpha value is -0.410. The predicted octanol–water partition coefficient (Wildman–Crippen LogP) is 1.86. The van der Waals surface area contributed by atoms with Crippen LogP contribution in [0.4, 0.5) is 0 Å². The molecule has 0 aliphatic heterocycles. The van der Waals surface area contributed by atoms with E-state index in [1.165, 1.54) is 0 Å². The topological polar surface area (TPSA) is 29.5 Å². The van der Waals surface area contributed by atoms with Crippen LogP contribution >= 0.6 is 0 Å². The van der Waals surface area contributed by atoms with E-state index in [0.29, 0.717) is 11.8 Å². The zero-order valence-electron chi connectivity index (χ0n) is 10.00. The molecule has 0 saturated heterocycles. The molecule has 0 bridgehead atoms. The van der Waals surface area contributed by atoms with Gasteiger partial charge in [-0.25, -0.2) is 0 Å². The molecular weight excluding hydrogens is 190 g/mol. The molecule has 0 spiro atoms. The van der Waals surface area contributed by atoms with Crippen molar-refractivity contribution in [2.75, 3.05) is 26.3 Å². The van der Waals surface area contributed by atoms with E-state index >= 15 is 0 Å². The molecule has 1 aliphatic rings. The molecule has 1 rings (SSSR count). The van der Waals surface area contributed by atoms with E-state index in [1.54, 1.807) is 0 Å². The van der Waals surface area contributed by atoms with Crippen LogP contribution in [0.1, 0.15) is 39.5 Å². The summed E-state index contributed by atoms with van der Waals surface area (Å²) in [6.45, 7) is 7.88. The highest BCUT2D eigenvalue weighted by Crippen LogP contribution is 2.19. The Morgan fingerprint density at radius 1 is 1.33 bits per heavy atom. The van der Waals surface area contributed by atoms with E-state index < -0.39 is 0 Å². The fraction of sp³-hybridized carbons (Fsp3) is 0.917. The third-order valence-electron chi connectivity index (χ3n) is 3.16. The molecule has 0 aromatic rings. The lowest BCUT2D eigenvalue weighted by atomic mass is 9.93. The average Bonchev–Trinajstić information content (AvgIpc) is 2.26.